The first-order valence-corrected chi connectivity index (χ1v) is 12.7. The number of fused-ring (bicyclic) bond motifs is 1. The minimum atomic E-state index is -0.457. The highest BCUT2D eigenvalue weighted by molar-refractivity contribution is 5.86. The molecule has 0 saturated carbocycles. The summed E-state index contributed by atoms with van der Waals surface area (Å²) in [5.74, 6) is -1.15. The number of nitrogens with one attached hydrogen (secondary N) is 1. The van der Waals surface area contributed by atoms with Crippen LogP contribution in [0.3, 0.4) is 0 Å². The topological polar surface area (TPSA) is 105 Å². The molecule has 2 heterocycles. The average molecular weight is 487 g/mol. The predicted molar refractivity (Wildman–Crippen MR) is 131 cm³/mol. The van der Waals surface area contributed by atoms with Gasteiger partial charge in [-0.05, 0) is 44.1 Å². The quantitative estimate of drug-likeness (QED) is 0.315. The lowest BCUT2D eigenvalue weighted by molar-refractivity contribution is -0.152. The Morgan fingerprint density at radius 1 is 1.11 bits per heavy atom. The number of carbonyl (C=O) groups is 3. The smallest absolute Gasteiger partial charge is 0.309 e. The van der Waals surface area contributed by atoms with E-state index < -0.39 is 5.92 Å². The van der Waals surface area contributed by atoms with Crippen molar-refractivity contribution in [1.29, 1.82) is 0 Å². The van der Waals surface area contributed by atoms with Crippen LogP contribution in [0.25, 0.3) is 0 Å². The number of carbonyl (C=O) groups excluding carboxylic acids is 3. The molecule has 8 heteroatoms. The Kier molecular flexibility index (Phi) is 11.2. The summed E-state index contributed by atoms with van der Waals surface area (Å²) in [6.45, 7) is 1.63. The zero-order valence-electron chi connectivity index (χ0n) is 20.4. The fourth-order valence-corrected chi connectivity index (χ4v) is 4.70. The Labute approximate surface area is 207 Å². The van der Waals surface area contributed by atoms with Crippen molar-refractivity contribution in [3.05, 3.63) is 48.0 Å². The maximum absolute atomic E-state index is 13.4. The van der Waals surface area contributed by atoms with E-state index in [2.05, 4.69) is 5.32 Å². The van der Waals surface area contributed by atoms with Crippen LogP contribution in [0.2, 0.25) is 0 Å². The Balaban J connectivity index is 1.64. The molecule has 1 aromatic rings. The fourth-order valence-electron chi connectivity index (χ4n) is 4.70. The highest BCUT2D eigenvalue weighted by Gasteiger charge is 2.35. The largest absolute Gasteiger partial charge is 0.463 e. The van der Waals surface area contributed by atoms with Crippen LogP contribution in [0.5, 0.6) is 0 Å². The van der Waals surface area contributed by atoms with Gasteiger partial charge in [-0.2, -0.15) is 0 Å². The lowest BCUT2D eigenvalue weighted by Crippen LogP contribution is -2.43. The van der Waals surface area contributed by atoms with E-state index in [0.717, 1.165) is 18.4 Å². The Morgan fingerprint density at radius 3 is 2.74 bits per heavy atom. The van der Waals surface area contributed by atoms with E-state index in [1.807, 2.05) is 42.5 Å². The predicted octanol–water partition coefficient (Wildman–Crippen LogP) is 2.25. The van der Waals surface area contributed by atoms with Crippen LogP contribution in [0, 0.1) is 11.8 Å². The summed E-state index contributed by atoms with van der Waals surface area (Å²) in [5.41, 5.74) is 1.10. The second kappa shape index (κ2) is 14.6. The minimum Gasteiger partial charge on any atom is -0.463 e. The molecule has 0 bridgehead atoms. The van der Waals surface area contributed by atoms with Crippen molar-refractivity contribution in [2.75, 3.05) is 39.5 Å². The molecule has 2 aliphatic rings. The number of aliphatic hydroxyl groups is 1. The molecule has 0 spiro atoms. The van der Waals surface area contributed by atoms with E-state index in [0.29, 0.717) is 45.4 Å². The molecular weight excluding hydrogens is 448 g/mol. The highest BCUT2D eigenvalue weighted by Crippen LogP contribution is 2.25. The van der Waals surface area contributed by atoms with E-state index in [1.165, 1.54) is 0 Å². The van der Waals surface area contributed by atoms with E-state index >= 15 is 0 Å². The van der Waals surface area contributed by atoms with Gasteiger partial charge < -0.3 is 24.8 Å². The summed E-state index contributed by atoms with van der Waals surface area (Å²) in [5, 5.41) is 11.5. The van der Waals surface area contributed by atoms with Crippen LogP contribution in [-0.4, -0.2) is 73.3 Å². The van der Waals surface area contributed by atoms with Crippen molar-refractivity contribution in [3.63, 3.8) is 0 Å². The molecule has 35 heavy (non-hydrogen) atoms. The van der Waals surface area contributed by atoms with E-state index in [-0.39, 0.29) is 56.0 Å². The first kappa shape index (κ1) is 26.9. The third-order valence-corrected chi connectivity index (χ3v) is 6.59. The molecule has 3 unspecified atom stereocenters. The molecule has 0 aliphatic carbocycles. The molecule has 1 aromatic carbocycles. The lowest BCUT2D eigenvalue weighted by atomic mass is 9.94. The zero-order valence-corrected chi connectivity index (χ0v) is 20.4. The standard InChI is InChI=1S/C27H38N2O6/c30-15-17-34-16-13-28-25(31)19-22-10-5-2-6-11-23(18-21-8-3-1-4-9-21)27(33)35-20-24-12-7-14-29(24)26(22)32/h1-5,8-9,22-24,30H,6-7,10-20H2,(H,28,31). The van der Waals surface area contributed by atoms with Crippen molar-refractivity contribution in [1.82, 2.24) is 10.2 Å². The van der Waals surface area contributed by atoms with Gasteiger partial charge in [0.2, 0.25) is 11.8 Å². The van der Waals surface area contributed by atoms with Crippen LogP contribution < -0.4 is 5.32 Å². The third kappa shape index (κ3) is 8.78. The number of amides is 2. The number of benzene rings is 1. The van der Waals surface area contributed by atoms with Gasteiger partial charge >= 0.3 is 5.97 Å². The molecule has 1 saturated heterocycles. The first-order valence-electron chi connectivity index (χ1n) is 12.7. The van der Waals surface area contributed by atoms with Crippen LogP contribution >= 0.6 is 0 Å². The maximum Gasteiger partial charge on any atom is 0.309 e. The van der Waals surface area contributed by atoms with Crippen molar-refractivity contribution >= 4 is 17.8 Å². The van der Waals surface area contributed by atoms with Gasteiger partial charge in [-0.3, -0.25) is 14.4 Å². The molecule has 2 amide bonds. The molecule has 3 atom stereocenters. The van der Waals surface area contributed by atoms with Gasteiger partial charge in [0.05, 0.1) is 37.7 Å². The van der Waals surface area contributed by atoms with E-state index in [4.69, 9.17) is 14.6 Å². The second-order valence-corrected chi connectivity index (χ2v) is 9.22. The number of cyclic esters (lactones) is 1. The SMILES string of the molecule is O=C(CC1CC=CCCC(Cc2ccccc2)C(=O)OCC2CCCN2C1=O)NCCOCCO. The van der Waals surface area contributed by atoms with Crippen LogP contribution in [-0.2, 0) is 30.3 Å². The number of allylic oxidation sites excluding steroid dienone is 2. The molecule has 192 valence electrons. The van der Waals surface area contributed by atoms with Crippen LogP contribution in [0.4, 0.5) is 0 Å². The Bertz CT molecular complexity index is 843. The summed E-state index contributed by atoms with van der Waals surface area (Å²) < 4.78 is 10.9. The van der Waals surface area contributed by atoms with Gasteiger partial charge in [0.1, 0.15) is 6.61 Å². The van der Waals surface area contributed by atoms with Crippen molar-refractivity contribution < 1.29 is 29.0 Å². The van der Waals surface area contributed by atoms with Crippen molar-refractivity contribution in [2.24, 2.45) is 11.8 Å². The second-order valence-electron chi connectivity index (χ2n) is 9.22. The summed E-state index contributed by atoms with van der Waals surface area (Å²) in [6.07, 6.45) is 8.21. The van der Waals surface area contributed by atoms with Gasteiger partial charge in [0, 0.05) is 19.5 Å². The number of aliphatic hydroxyl groups excluding tert-OH is 1. The molecular formula is C27H38N2O6. The van der Waals surface area contributed by atoms with Gasteiger partial charge in [-0.1, -0.05) is 42.5 Å². The minimum absolute atomic E-state index is 0.0556. The zero-order chi connectivity index (χ0) is 24.9. The molecule has 2 aliphatic heterocycles. The monoisotopic (exact) mass is 486 g/mol. The fraction of sp³-hybridized carbons (Fsp3) is 0.593. The Hall–Kier alpha value is -2.71. The summed E-state index contributed by atoms with van der Waals surface area (Å²) >= 11 is 0. The highest BCUT2D eigenvalue weighted by atomic mass is 16.5. The summed E-state index contributed by atoms with van der Waals surface area (Å²) in [7, 11) is 0. The number of rotatable bonds is 9. The molecule has 0 radical (unpaired) electrons. The van der Waals surface area contributed by atoms with Gasteiger partial charge in [-0.25, -0.2) is 0 Å². The molecule has 1 fully saturated rings. The number of hydrogen-bond acceptors (Lipinski definition) is 6. The number of nitrogens with zero attached hydrogens (tertiary/aromatic N) is 1. The molecule has 8 nitrogen and oxygen atoms in total. The van der Waals surface area contributed by atoms with E-state index in [9.17, 15) is 14.4 Å². The molecule has 2 N–H and O–H groups in total. The van der Waals surface area contributed by atoms with E-state index in [1.54, 1.807) is 4.90 Å². The van der Waals surface area contributed by atoms with Crippen molar-refractivity contribution in [3.8, 4) is 0 Å². The van der Waals surface area contributed by atoms with Crippen molar-refractivity contribution in [2.45, 2.75) is 51.0 Å². The summed E-state index contributed by atoms with van der Waals surface area (Å²) in [6, 6.07) is 9.81. The number of ether oxygens (including phenoxy) is 2. The van der Waals surface area contributed by atoms with Crippen LogP contribution in [0.1, 0.15) is 44.1 Å². The Morgan fingerprint density at radius 2 is 1.94 bits per heavy atom. The maximum atomic E-state index is 13.4. The average Bonchev–Trinajstić information content (AvgIpc) is 3.34. The van der Waals surface area contributed by atoms with Gasteiger partial charge in [0.25, 0.3) is 0 Å². The number of hydrogen-bond donors (Lipinski definition) is 2. The lowest BCUT2D eigenvalue weighted by Gasteiger charge is -2.28. The van der Waals surface area contributed by atoms with Gasteiger partial charge in [0.15, 0.2) is 0 Å². The van der Waals surface area contributed by atoms with Gasteiger partial charge in [-0.15, -0.1) is 0 Å². The first-order chi connectivity index (χ1) is 17.1. The normalized spacial score (nSPS) is 23.6. The third-order valence-electron chi connectivity index (χ3n) is 6.59. The number of esters is 1. The molecule has 3 rings (SSSR count). The summed E-state index contributed by atoms with van der Waals surface area (Å²) in [4.78, 5) is 40.6. The molecule has 0 aromatic heterocycles. The van der Waals surface area contributed by atoms with Crippen LogP contribution in [0.15, 0.2) is 42.5 Å².